The van der Waals surface area contributed by atoms with Crippen LogP contribution >= 0.6 is 11.8 Å². The molecule has 3 rings (SSSR count). The van der Waals surface area contributed by atoms with Crippen LogP contribution in [0.1, 0.15) is 5.56 Å². The summed E-state index contributed by atoms with van der Waals surface area (Å²) in [5.41, 5.74) is 6.63. The van der Waals surface area contributed by atoms with E-state index in [1.54, 1.807) is 24.3 Å². The minimum atomic E-state index is -0.498. The van der Waals surface area contributed by atoms with Crippen molar-refractivity contribution in [2.75, 3.05) is 5.75 Å². The zero-order valence-electron chi connectivity index (χ0n) is 14.6. The molecular weight excluding hydrogens is 364 g/mol. The largest absolute Gasteiger partial charge is 0.296 e. The molecule has 0 aliphatic heterocycles. The van der Waals surface area contributed by atoms with Gasteiger partial charge in [-0.3, -0.25) is 29.8 Å². The van der Waals surface area contributed by atoms with Gasteiger partial charge in [0, 0.05) is 4.90 Å². The third-order valence-electron chi connectivity index (χ3n) is 3.79. The number of carbonyl (C=O) groups is 2. The number of nitrogens with zero attached hydrogens (tertiary/aromatic N) is 2. The van der Waals surface area contributed by atoms with Crippen molar-refractivity contribution in [2.45, 2.75) is 18.4 Å². The van der Waals surface area contributed by atoms with Gasteiger partial charge in [-0.25, -0.2) is 4.98 Å². The standard InChI is InChI=1S/C19H18N4O3S/c1-13-6-8-14(9-7-13)27-12-18(25)22-21-17(24)11-23-16-5-3-2-4-15(16)20-10-19(23)26/h2-10H,11-12H2,1H3,(H,21,24)(H,22,25). The molecule has 1 aromatic heterocycles. The molecule has 1 heterocycles. The number of aryl methyl sites for hydroxylation is 1. The SMILES string of the molecule is Cc1ccc(SCC(=O)NNC(=O)Cn2c(=O)cnc3ccccc32)cc1. The van der Waals surface area contributed by atoms with Crippen LogP contribution in [-0.2, 0) is 16.1 Å². The maximum atomic E-state index is 12.1. The highest BCUT2D eigenvalue weighted by Gasteiger charge is 2.10. The number of thioether (sulfide) groups is 1. The molecule has 0 spiro atoms. The smallest absolute Gasteiger partial charge is 0.269 e. The van der Waals surface area contributed by atoms with Gasteiger partial charge in [0.05, 0.1) is 23.0 Å². The summed E-state index contributed by atoms with van der Waals surface area (Å²) in [7, 11) is 0. The van der Waals surface area contributed by atoms with Crippen LogP contribution in [0.25, 0.3) is 11.0 Å². The molecule has 3 aromatic rings. The van der Waals surface area contributed by atoms with Crippen molar-refractivity contribution >= 4 is 34.6 Å². The predicted molar refractivity (Wildman–Crippen MR) is 104 cm³/mol. The Morgan fingerprint density at radius 1 is 1.04 bits per heavy atom. The molecule has 0 radical (unpaired) electrons. The van der Waals surface area contributed by atoms with Crippen molar-refractivity contribution in [3.05, 3.63) is 70.6 Å². The van der Waals surface area contributed by atoms with E-state index in [0.29, 0.717) is 11.0 Å². The van der Waals surface area contributed by atoms with Crippen molar-refractivity contribution in [1.29, 1.82) is 0 Å². The molecule has 0 unspecified atom stereocenters. The summed E-state index contributed by atoms with van der Waals surface area (Å²) >= 11 is 1.37. The van der Waals surface area contributed by atoms with Crippen LogP contribution in [-0.4, -0.2) is 27.1 Å². The van der Waals surface area contributed by atoms with Gasteiger partial charge >= 0.3 is 0 Å². The van der Waals surface area contributed by atoms with Gasteiger partial charge in [0.1, 0.15) is 6.54 Å². The van der Waals surface area contributed by atoms with E-state index in [9.17, 15) is 14.4 Å². The second-order valence-electron chi connectivity index (χ2n) is 5.87. The highest BCUT2D eigenvalue weighted by molar-refractivity contribution is 8.00. The van der Waals surface area contributed by atoms with Gasteiger partial charge in [0.25, 0.3) is 11.5 Å². The lowest BCUT2D eigenvalue weighted by Gasteiger charge is -2.10. The Labute approximate surface area is 159 Å². The number of hydrazine groups is 1. The van der Waals surface area contributed by atoms with E-state index in [0.717, 1.165) is 10.5 Å². The first-order chi connectivity index (χ1) is 13.0. The third kappa shape index (κ3) is 4.95. The van der Waals surface area contributed by atoms with E-state index in [2.05, 4.69) is 15.8 Å². The van der Waals surface area contributed by atoms with Crippen molar-refractivity contribution in [1.82, 2.24) is 20.4 Å². The Balaban J connectivity index is 1.54. The first-order valence-corrected chi connectivity index (χ1v) is 9.23. The predicted octanol–water partition coefficient (Wildman–Crippen LogP) is 1.64. The molecule has 0 aliphatic carbocycles. The number of amides is 2. The maximum Gasteiger partial charge on any atom is 0.269 e. The number of para-hydroxylation sites is 2. The van der Waals surface area contributed by atoms with Crippen molar-refractivity contribution in [2.24, 2.45) is 0 Å². The summed E-state index contributed by atoms with van der Waals surface area (Å²) in [5.74, 6) is -0.662. The number of aromatic nitrogens is 2. The van der Waals surface area contributed by atoms with E-state index >= 15 is 0 Å². The second-order valence-corrected chi connectivity index (χ2v) is 6.92. The zero-order valence-corrected chi connectivity index (χ0v) is 15.5. The fraction of sp³-hybridized carbons (Fsp3) is 0.158. The van der Waals surface area contributed by atoms with Crippen LogP contribution in [0, 0.1) is 6.92 Å². The van der Waals surface area contributed by atoms with E-state index in [-0.39, 0.29) is 23.8 Å². The molecule has 8 heteroatoms. The van der Waals surface area contributed by atoms with Gasteiger partial charge in [-0.1, -0.05) is 29.8 Å². The van der Waals surface area contributed by atoms with Crippen LogP contribution in [0.4, 0.5) is 0 Å². The summed E-state index contributed by atoms with van der Waals surface area (Å²) in [5, 5.41) is 0. The Morgan fingerprint density at radius 3 is 2.52 bits per heavy atom. The van der Waals surface area contributed by atoms with E-state index in [4.69, 9.17) is 0 Å². The summed E-state index contributed by atoms with van der Waals surface area (Å²) < 4.78 is 1.31. The van der Waals surface area contributed by atoms with Gasteiger partial charge in [-0.2, -0.15) is 0 Å². The molecule has 2 N–H and O–H groups in total. The number of benzene rings is 2. The Morgan fingerprint density at radius 2 is 1.74 bits per heavy atom. The highest BCUT2D eigenvalue weighted by Crippen LogP contribution is 2.17. The summed E-state index contributed by atoms with van der Waals surface area (Å²) in [6, 6.07) is 14.9. The molecule has 2 aromatic carbocycles. The Bertz CT molecular complexity index is 1030. The van der Waals surface area contributed by atoms with Crippen molar-refractivity contribution in [3.63, 3.8) is 0 Å². The molecule has 0 saturated carbocycles. The first kappa shape index (κ1) is 18.7. The van der Waals surface area contributed by atoms with Gasteiger partial charge in [0.2, 0.25) is 5.91 Å². The third-order valence-corrected chi connectivity index (χ3v) is 4.80. The molecule has 7 nitrogen and oxygen atoms in total. The molecule has 0 fully saturated rings. The lowest BCUT2D eigenvalue weighted by atomic mass is 10.2. The number of rotatable bonds is 5. The number of hydrogen-bond acceptors (Lipinski definition) is 5. The lowest BCUT2D eigenvalue weighted by molar-refractivity contribution is -0.128. The summed E-state index contributed by atoms with van der Waals surface area (Å²) in [6.07, 6.45) is 1.17. The molecule has 0 saturated heterocycles. The van der Waals surface area contributed by atoms with Crippen molar-refractivity contribution in [3.8, 4) is 0 Å². The lowest BCUT2D eigenvalue weighted by Crippen LogP contribution is -2.45. The number of nitrogens with one attached hydrogen (secondary N) is 2. The van der Waals surface area contributed by atoms with Crippen LogP contribution < -0.4 is 16.4 Å². The van der Waals surface area contributed by atoms with Crippen LogP contribution in [0.3, 0.4) is 0 Å². The number of hydrogen-bond donors (Lipinski definition) is 2. The summed E-state index contributed by atoms with van der Waals surface area (Å²) in [4.78, 5) is 41.0. The highest BCUT2D eigenvalue weighted by atomic mass is 32.2. The molecule has 2 amide bonds. The van der Waals surface area contributed by atoms with Crippen LogP contribution in [0.5, 0.6) is 0 Å². The first-order valence-electron chi connectivity index (χ1n) is 8.24. The molecule has 0 bridgehead atoms. The van der Waals surface area contributed by atoms with Crippen LogP contribution in [0.15, 0.2) is 64.4 Å². The topological polar surface area (TPSA) is 93.1 Å². The fourth-order valence-electron chi connectivity index (χ4n) is 2.42. The Kier molecular flexibility index (Phi) is 5.87. The molecule has 0 aliphatic rings. The average molecular weight is 382 g/mol. The van der Waals surface area contributed by atoms with E-state index < -0.39 is 5.91 Å². The molecule has 138 valence electrons. The van der Waals surface area contributed by atoms with Gasteiger partial charge in [-0.15, -0.1) is 11.8 Å². The second kappa shape index (κ2) is 8.50. The zero-order chi connectivity index (χ0) is 19.2. The summed E-state index contributed by atoms with van der Waals surface area (Å²) in [6.45, 7) is 1.78. The normalized spacial score (nSPS) is 10.6. The number of carbonyl (C=O) groups excluding carboxylic acids is 2. The fourth-order valence-corrected chi connectivity index (χ4v) is 3.12. The van der Waals surface area contributed by atoms with Crippen molar-refractivity contribution < 1.29 is 9.59 Å². The van der Waals surface area contributed by atoms with E-state index in [1.165, 1.54) is 22.5 Å². The number of fused-ring (bicyclic) bond motifs is 1. The van der Waals surface area contributed by atoms with Gasteiger partial charge in [-0.05, 0) is 31.2 Å². The minimum Gasteiger partial charge on any atom is -0.296 e. The maximum absolute atomic E-state index is 12.1. The Hall–Kier alpha value is -3.13. The minimum absolute atomic E-state index is 0.168. The van der Waals surface area contributed by atoms with Crippen LogP contribution in [0.2, 0.25) is 0 Å². The molecule has 27 heavy (non-hydrogen) atoms. The van der Waals surface area contributed by atoms with E-state index in [1.807, 2.05) is 31.2 Å². The average Bonchev–Trinajstić information content (AvgIpc) is 2.68. The van der Waals surface area contributed by atoms with Gasteiger partial charge < -0.3 is 0 Å². The van der Waals surface area contributed by atoms with Gasteiger partial charge in [0.15, 0.2) is 0 Å². The molecule has 0 atom stereocenters. The quantitative estimate of drug-likeness (QED) is 0.517. The monoisotopic (exact) mass is 382 g/mol. The molecular formula is C19H18N4O3S.